The molecule has 0 aliphatic rings. The van der Waals surface area contributed by atoms with Crippen LogP contribution in [0, 0.1) is 0 Å². The van der Waals surface area contributed by atoms with Gasteiger partial charge in [-0.05, 0) is 36.5 Å². The highest BCUT2D eigenvalue weighted by Gasteiger charge is 2.08. The van der Waals surface area contributed by atoms with E-state index in [1.807, 2.05) is 13.4 Å². The van der Waals surface area contributed by atoms with Crippen LogP contribution in [-0.4, -0.2) is 9.55 Å². The Morgan fingerprint density at radius 1 is 1.27 bits per heavy atom. The van der Waals surface area contributed by atoms with Crippen molar-refractivity contribution in [1.82, 2.24) is 9.55 Å². The second kappa shape index (κ2) is 4.05. The van der Waals surface area contributed by atoms with Gasteiger partial charge < -0.3 is 4.57 Å². The molecule has 2 rings (SSSR count). The van der Waals surface area contributed by atoms with Crippen LogP contribution in [0.3, 0.4) is 0 Å². The summed E-state index contributed by atoms with van der Waals surface area (Å²) in [6, 6.07) is 6.64. The van der Waals surface area contributed by atoms with Crippen molar-refractivity contribution in [3.8, 4) is 0 Å². The second-order valence-corrected chi connectivity index (χ2v) is 4.12. The molecule has 0 saturated heterocycles. The molecule has 0 saturated carbocycles. The van der Waals surface area contributed by atoms with Crippen molar-refractivity contribution in [1.29, 1.82) is 0 Å². The van der Waals surface area contributed by atoms with Crippen molar-refractivity contribution in [3.05, 3.63) is 30.1 Å². The lowest BCUT2D eigenvalue weighted by Gasteiger charge is -2.12. The smallest absolute Gasteiger partial charge is 0.0955 e. The predicted octanol–water partition coefficient (Wildman–Crippen LogP) is 3.48. The third-order valence-corrected chi connectivity index (χ3v) is 3.21. The van der Waals surface area contributed by atoms with Crippen LogP contribution < -0.4 is 0 Å². The molecular weight excluding hydrogens is 184 g/mol. The van der Waals surface area contributed by atoms with E-state index < -0.39 is 0 Å². The van der Waals surface area contributed by atoms with Gasteiger partial charge in [0.25, 0.3) is 0 Å². The molecule has 0 atom stereocenters. The number of rotatable bonds is 3. The van der Waals surface area contributed by atoms with Crippen LogP contribution in [0.25, 0.3) is 11.0 Å². The van der Waals surface area contributed by atoms with Crippen LogP contribution in [0.15, 0.2) is 24.5 Å². The maximum absolute atomic E-state index is 4.39. The van der Waals surface area contributed by atoms with E-state index in [0.717, 1.165) is 5.52 Å². The Balaban J connectivity index is 2.46. The third-order valence-electron chi connectivity index (χ3n) is 3.21. The van der Waals surface area contributed by atoms with E-state index in [0.29, 0.717) is 5.92 Å². The zero-order valence-electron chi connectivity index (χ0n) is 9.70. The molecule has 2 nitrogen and oxygen atoms in total. The highest BCUT2D eigenvalue weighted by atomic mass is 15.0. The fourth-order valence-corrected chi connectivity index (χ4v) is 2.17. The molecular formula is C13H18N2. The monoisotopic (exact) mass is 202 g/mol. The van der Waals surface area contributed by atoms with E-state index in [1.54, 1.807) is 0 Å². The molecule has 0 spiro atoms. The number of aromatic nitrogens is 2. The minimum absolute atomic E-state index is 0.677. The Morgan fingerprint density at radius 2 is 2.00 bits per heavy atom. The van der Waals surface area contributed by atoms with Crippen molar-refractivity contribution in [2.75, 3.05) is 0 Å². The number of nitrogens with zero attached hydrogens (tertiary/aromatic N) is 2. The van der Waals surface area contributed by atoms with Gasteiger partial charge >= 0.3 is 0 Å². The number of imidazole rings is 1. The van der Waals surface area contributed by atoms with Crippen molar-refractivity contribution >= 4 is 11.0 Å². The highest BCUT2D eigenvalue weighted by molar-refractivity contribution is 5.76. The summed E-state index contributed by atoms with van der Waals surface area (Å²) < 4.78 is 2.06. The quantitative estimate of drug-likeness (QED) is 0.745. The zero-order valence-corrected chi connectivity index (χ0v) is 9.70. The first-order valence-corrected chi connectivity index (χ1v) is 5.67. The van der Waals surface area contributed by atoms with Gasteiger partial charge in [-0.15, -0.1) is 0 Å². The summed E-state index contributed by atoms with van der Waals surface area (Å²) in [5, 5.41) is 0. The normalized spacial score (nSPS) is 11.5. The maximum atomic E-state index is 4.39. The van der Waals surface area contributed by atoms with Gasteiger partial charge in [0.15, 0.2) is 0 Å². The highest BCUT2D eigenvalue weighted by Crippen LogP contribution is 2.25. The molecule has 0 amide bonds. The fraction of sp³-hybridized carbons (Fsp3) is 0.462. The second-order valence-electron chi connectivity index (χ2n) is 4.12. The summed E-state index contributed by atoms with van der Waals surface area (Å²) in [7, 11) is 2.03. The number of hydrogen-bond donors (Lipinski definition) is 0. The maximum Gasteiger partial charge on any atom is 0.0955 e. The molecule has 0 unspecified atom stereocenters. The first-order chi connectivity index (χ1) is 7.26. The molecule has 1 heterocycles. The van der Waals surface area contributed by atoms with Crippen molar-refractivity contribution < 1.29 is 0 Å². The first kappa shape index (κ1) is 10.2. The SMILES string of the molecule is CCC(CC)c1ccc2c(c1)ncn2C. The Labute approximate surface area is 90.9 Å². The van der Waals surface area contributed by atoms with Crippen molar-refractivity contribution in [3.63, 3.8) is 0 Å². The minimum Gasteiger partial charge on any atom is -0.334 e. The van der Waals surface area contributed by atoms with Gasteiger partial charge in [-0.2, -0.15) is 0 Å². The molecule has 0 fully saturated rings. The van der Waals surface area contributed by atoms with E-state index >= 15 is 0 Å². The number of hydrogen-bond acceptors (Lipinski definition) is 1. The largest absolute Gasteiger partial charge is 0.334 e. The van der Waals surface area contributed by atoms with E-state index in [-0.39, 0.29) is 0 Å². The molecule has 0 bridgehead atoms. The van der Waals surface area contributed by atoms with Gasteiger partial charge in [0, 0.05) is 7.05 Å². The summed E-state index contributed by atoms with van der Waals surface area (Å²) >= 11 is 0. The van der Waals surface area contributed by atoms with E-state index in [1.165, 1.54) is 23.9 Å². The Kier molecular flexibility index (Phi) is 2.76. The summed E-state index contributed by atoms with van der Waals surface area (Å²) in [4.78, 5) is 4.39. The first-order valence-electron chi connectivity index (χ1n) is 5.67. The average Bonchev–Trinajstić information content (AvgIpc) is 2.62. The Bertz CT molecular complexity index is 453. The summed E-state index contributed by atoms with van der Waals surface area (Å²) in [5.41, 5.74) is 3.75. The van der Waals surface area contributed by atoms with Crippen molar-refractivity contribution in [2.24, 2.45) is 7.05 Å². The van der Waals surface area contributed by atoms with Crippen LogP contribution in [0.1, 0.15) is 38.2 Å². The third kappa shape index (κ3) is 1.76. The number of fused-ring (bicyclic) bond motifs is 1. The Hall–Kier alpha value is -1.31. The molecule has 0 N–H and O–H groups in total. The van der Waals surface area contributed by atoms with Crippen LogP contribution in [0.5, 0.6) is 0 Å². The minimum atomic E-state index is 0.677. The van der Waals surface area contributed by atoms with Gasteiger partial charge in [0.1, 0.15) is 0 Å². The summed E-state index contributed by atoms with van der Waals surface area (Å²) in [5.74, 6) is 0.677. The summed E-state index contributed by atoms with van der Waals surface area (Å²) in [6.45, 7) is 4.49. The van der Waals surface area contributed by atoms with Gasteiger partial charge in [-0.3, -0.25) is 0 Å². The van der Waals surface area contributed by atoms with Crippen molar-refractivity contribution in [2.45, 2.75) is 32.6 Å². The van der Waals surface area contributed by atoms with E-state index in [9.17, 15) is 0 Å². The average molecular weight is 202 g/mol. The lowest BCUT2D eigenvalue weighted by molar-refractivity contribution is 0.642. The molecule has 2 heteroatoms. The molecule has 1 aromatic carbocycles. The predicted molar refractivity (Wildman–Crippen MR) is 64.0 cm³/mol. The summed E-state index contributed by atoms with van der Waals surface area (Å²) in [6.07, 6.45) is 4.28. The van der Waals surface area contributed by atoms with Crippen LogP contribution in [0.2, 0.25) is 0 Å². The Morgan fingerprint density at radius 3 is 2.67 bits per heavy atom. The van der Waals surface area contributed by atoms with Crippen LogP contribution in [-0.2, 0) is 7.05 Å². The van der Waals surface area contributed by atoms with E-state index in [4.69, 9.17) is 0 Å². The van der Waals surface area contributed by atoms with Gasteiger partial charge in [-0.25, -0.2) is 4.98 Å². The molecule has 0 aliphatic heterocycles. The van der Waals surface area contributed by atoms with Gasteiger partial charge in [-0.1, -0.05) is 19.9 Å². The standard InChI is InChI=1S/C13H18N2/c1-4-10(5-2)11-6-7-13-12(8-11)14-9-15(13)3/h6-10H,4-5H2,1-3H3. The zero-order chi connectivity index (χ0) is 10.8. The number of aryl methyl sites for hydroxylation is 1. The lowest BCUT2D eigenvalue weighted by atomic mass is 9.94. The molecule has 0 aliphatic carbocycles. The van der Waals surface area contributed by atoms with E-state index in [2.05, 4.69) is 41.6 Å². The lowest BCUT2D eigenvalue weighted by Crippen LogP contribution is -1.95. The van der Waals surface area contributed by atoms with Crippen LogP contribution in [0.4, 0.5) is 0 Å². The van der Waals surface area contributed by atoms with Gasteiger partial charge in [0.2, 0.25) is 0 Å². The van der Waals surface area contributed by atoms with Crippen LogP contribution >= 0.6 is 0 Å². The fourth-order valence-electron chi connectivity index (χ4n) is 2.17. The topological polar surface area (TPSA) is 17.8 Å². The molecule has 80 valence electrons. The molecule has 2 aromatic rings. The molecule has 15 heavy (non-hydrogen) atoms. The molecule has 0 radical (unpaired) electrons. The number of benzene rings is 1. The van der Waals surface area contributed by atoms with Gasteiger partial charge in [0.05, 0.1) is 17.4 Å². The molecule has 1 aromatic heterocycles.